The smallest absolute Gasteiger partial charge is 0.227 e. The van der Waals surface area contributed by atoms with Gasteiger partial charge in [-0.1, -0.05) is 24.6 Å². The van der Waals surface area contributed by atoms with Crippen molar-refractivity contribution in [1.82, 2.24) is 14.6 Å². The van der Waals surface area contributed by atoms with Crippen LogP contribution in [0.15, 0.2) is 48.7 Å². The summed E-state index contributed by atoms with van der Waals surface area (Å²) in [5, 5.41) is 11.6. The molecule has 31 heavy (non-hydrogen) atoms. The van der Waals surface area contributed by atoms with Gasteiger partial charge in [0, 0.05) is 30.3 Å². The average Bonchev–Trinajstić information content (AvgIpc) is 3.12. The van der Waals surface area contributed by atoms with Crippen molar-refractivity contribution in [2.45, 2.75) is 44.6 Å². The van der Waals surface area contributed by atoms with Crippen molar-refractivity contribution in [1.29, 1.82) is 0 Å². The van der Waals surface area contributed by atoms with E-state index in [1.807, 2.05) is 53.1 Å². The average molecular weight is 462 g/mol. The zero-order valence-corrected chi connectivity index (χ0v) is 18.9. The van der Waals surface area contributed by atoms with Crippen LogP contribution in [0.25, 0.3) is 5.65 Å². The predicted molar refractivity (Wildman–Crippen MR) is 127 cm³/mol. The molecule has 2 atom stereocenters. The van der Waals surface area contributed by atoms with Gasteiger partial charge in [0.2, 0.25) is 5.91 Å². The Kier molecular flexibility index (Phi) is 7.57. The van der Waals surface area contributed by atoms with Gasteiger partial charge < -0.3 is 11.1 Å². The highest BCUT2D eigenvalue weighted by molar-refractivity contribution is 5.92. The van der Waals surface area contributed by atoms with Crippen molar-refractivity contribution >= 4 is 42.1 Å². The number of pyridine rings is 1. The molecule has 5 rings (SSSR count). The number of aromatic nitrogens is 3. The first-order chi connectivity index (χ1) is 14.2. The van der Waals surface area contributed by atoms with Crippen molar-refractivity contribution in [2.75, 3.05) is 5.32 Å². The molecule has 2 aliphatic rings. The second kappa shape index (κ2) is 9.98. The number of carbonyl (C=O) groups is 1. The quantitative estimate of drug-likeness (QED) is 0.607. The van der Waals surface area contributed by atoms with Gasteiger partial charge in [0.1, 0.15) is 5.82 Å². The SMILES string of the molecule is Cl.Cl.NC1C2CCCC1CC(C(=O)Nc1ccc(Cc3nnc4ccccn34)cc1)C2. The molecule has 1 amide bonds. The van der Waals surface area contributed by atoms with Gasteiger partial charge in [-0.3, -0.25) is 9.20 Å². The molecule has 2 saturated carbocycles. The number of rotatable bonds is 4. The van der Waals surface area contributed by atoms with E-state index >= 15 is 0 Å². The van der Waals surface area contributed by atoms with E-state index in [9.17, 15) is 4.79 Å². The predicted octanol–water partition coefficient (Wildman–Crippen LogP) is 4.26. The Morgan fingerprint density at radius 3 is 2.45 bits per heavy atom. The lowest BCUT2D eigenvalue weighted by Crippen LogP contribution is -2.48. The number of anilines is 1. The first-order valence-corrected chi connectivity index (χ1v) is 10.6. The third-order valence-corrected chi connectivity index (χ3v) is 6.75. The molecule has 3 aromatic rings. The summed E-state index contributed by atoms with van der Waals surface area (Å²) in [6.45, 7) is 0. The van der Waals surface area contributed by atoms with Gasteiger partial charge in [0.05, 0.1) is 0 Å². The zero-order valence-electron chi connectivity index (χ0n) is 17.3. The third-order valence-electron chi connectivity index (χ3n) is 6.75. The van der Waals surface area contributed by atoms with Crippen LogP contribution in [0.3, 0.4) is 0 Å². The number of nitrogens with zero attached hydrogens (tertiary/aromatic N) is 3. The monoisotopic (exact) mass is 461 g/mol. The Hall–Kier alpha value is -2.15. The van der Waals surface area contributed by atoms with E-state index in [4.69, 9.17) is 5.73 Å². The minimum Gasteiger partial charge on any atom is -0.327 e. The van der Waals surface area contributed by atoms with Crippen LogP contribution in [0.5, 0.6) is 0 Å². The van der Waals surface area contributed by atoms with Crippen LogP contribution in [-0.4, -0.2) is 26.5 Å². The first-order valence-electron chi connectivity index (χ1n) is 10.6. The van der Waals surface area contributed by atoms with Crippen LogP contribution in [0, 0.1) is 17.8 Å². The summed E-state index contributed by atoms with van der Waals surface area (Å²) >= 11 is 0. The second-order valence-electron chi connectivity index (χ2n) is 8.60. The van der Waals surface area contributed by atoms with E-state index in [0.29, 0.717) is 24.3 Å². The number of halogens is 2. The maximum Gasteiger partial charge on any atom is 0.227 e. The van der Waals surface area contributed by atoms with Gasteiger partial charge in [-0.2, -0.15) is 0 Å². The van der Waals surface area contributed by atoms with Gasteiger partial charge in [0.15, 0.2) is 5.65 Å². The summed E-state index contributed by atoms with van der Waals surface area (Å²) in [5.41, 5.74) is 9.20. The molecule has 0 aliphatic heterocycles. The summed E-state index contributed by atoms with van der Waals surface area (Å²) in [6.07, 6.45) is 8.15. The van der Waals surface area contributed by atoms with Gasteiger partial charge in [-0.05, 0) is 67.3 Å². The van der Waals surface area contributed by atoms with Crippen molar-refractivity contribution < 1.29 is 4.79 Å². The Labute approximate surface area is 194 Å². The van der Waals surface area contributed by atoms with Crippen molar-refractivity contribution in [3.63, 3.8) is 0 Å². The molecule has 3 N–H and O–H groups in total. The molecule has 0 radical (unpaired) electrons. The first kappa shape index (κ1) is 23.5. The Bertz CT molecular complexity index is 1010. The summed E-state index contributed by atoms with van der Waals surface area (Å²) in [7, 11) is 0. The van der Waals surface area contributed by atoms with Crippen LogP contribution >= 0.6 is 24.8 Å². The normalized spacial score (nSPS) is 24.7. The number of hydrogen-bond acceptors (Lipinski definition) is 4. The molecule has 0 spiro atoms. The van der Waals surface area contributed by atoms with Gasteiger partial charge >= 0.3 is 0 Å². The highest BCUT2D eigenvalue weighted by atomic mass is 35.5. The molecule has 166 valence electrons. The number of fused-ring (bicyclic) bond motifs is 3. The highest BCUT2D eigenvalue weighted by Gasteiger charge is 2.40. The number of hydrogen-bond donors (Lipinski definition) is 2. The van der Waals surface area contributed by atoms with Crippen LogP contribution < -0.4 is 11.1 Å². The molecule has 2 aromatic heterocycles. The number of amides is 1. The van der Waals surface area contributed by atoms with Crippen molar-refractivity contribution in [3.8, 4) is 0 Å². The standard InChI is InChI=1S/C23H27N5O.2ClH/c24-22-16-4-3-5-17(22)14-18(13-16)23(29)25-19-9-7-15(8-10-19)12-21-27-26-20-6-1-2-11-28(20)21;;/h1-2,6-11,16-18,22H,3-5,12-14,24H2,(H,25,29);2*1H. The minimum atomic E-state index is 0. The summed E-state index contributed by atoms with van der Waals surface area (Å²) in [4.78, 5) is 12.8. The molecule has 0 saturated heterocycles. The summed E-state index contributed by atoms with van der Waals surface area (Å²) < 4.78 is 2.00. The van der Waals surface area contributed by atoms with Crippen molar-refractivity contribution in [2.24, 2.45) is 23.5 Å². The minimum absolute atomic E-state index is 0. The van der Waals surface area contributed by atoms with E-state index in [1.165, 1.54) is 19.3 Å². The summed E-state index contributed by atoms with van der Waals surface area (Å²) in [6, 6.07) is 14.2. The molecule has 2 unspecified atom stereocenters. The van der Waals surface area contributed by atoms with Crippen LogP contribution in [-0.2, 0) is 11.2 Å². The van der Waals surface area contributed by atoms with Crippen LogP contribution in [0.4, 0.5) is 5.69 Å². The van der Waals surface area contributed by atoms with Gasteiger partial charge in [0.25, 0.3) is 0 Å². The van der Waals surface area contributed by atoms with Crippen LogP contribution in [0.2, 0.25) is 0 Å². The Morgan fingerprint density at radius 2 is 1.74 bits per heavy atom. The molecule has 8 heteroatoms. The lowest BCUT2D eigenvalue weighted by molar-refractivity contribution is -0.122. The fraction of sp³-hybridized carbons (Fsp3) is 0.435. The van der Waals surface area contributed by atoms with Gasteiger partial charge in [-0.25, -0.2) is 0 Å². The summed E-state index contributed by atoms with van der Waals surface area (Å²) in [5.74, 6) is 2.16. The molecule has 2 fully saturated rings. The van der Waals surface area contributed by atoms with E-state index < -0.39 is 0 Å². The maximum atomic E-state index is 12.8. The van der Waals surface area contributed by atoms with E-state index in [0.717, 1.165) is 35.6 Å². The number of carbonyl (C=O) groups excluding carboxylic acids is 1. The fourth-order valence-electron chi connectivity index (χ4n) is 5.15. The molecule has 2 bridgehead atoms. The number of nitrogens with two attached hydrogens (primary N) is 1. The Morgan fingerprint density at radius 1 is 1.03 bits per heavy atom. The Balaban J connectivity index is 0.00000136. The lowest BCUT2D eigenvalue weighted by atomic mass is 9.65. The highest BCUT2D eigenvalue weighted by Crippen LogP contribution is 2.42. The fourth-order valence-corrected chi connectivity index (χ4v) is 5.15. The van der Waals surface area contributed by atoms with Crippen molar-refractivity contribution in [3.05, 3.63) is 60.0 Å². The largest absolute Gasteiger partial charge is 0.327 e. The molecule has 1 aromatic carbocycles. The molecular formula is C23H29Cl2N5O. The van der Waals surface area contributed by atoms with E-state index in [-0.39, 0.29) is 36.6 Å². The van der Waals surface area contributed by atoms with Crippen LogP contribution in [0.1, 0.15) is 43.5 Å². The number of benzene rings is 1. The maximum absolute atomic E-state index is 12.8. The lowest BCUT2D eigenvalue weighted by Gasteiger charge is -2.43. The molecule has 2 heterocycles. The van der Waals surface area contributed by atoms with E-state index in [2.05, 4.69) is 15.5 Å². The van der Waals surface area contributed by atoms with Gasteiger partial charge in [-0.15, -0.1) is 35.0 Å². The molecule has 2 aliphatic carbocycles. The zero-order chi connectivity index (χ0) is 19.8. The second-order valence-corrected chi connectivity index (χ2v) is 8.60. The van der Waals surface area contributed by atoms with E-state index in [1.54, 1.807) is 0 Å². The molecule has 6 nitrogen and oxygen atoms in total. The third kappa shape index (κ3) is 4.86. The topological polar surface area (TPSA) is 85.3 Å². The number of nitrogens with one attached hydrogen (secondary N) is 1. The molecular weight excluding hydrogens is 433 g/mol.